The molecular weight excluding hydrogens is 169 g/mol. The van der Waals surface area contributed by atoms with Gasteiger partial charge in [0.2, 0.25) is 0 Å². The third-order valence-corrected chi connectivity index (χ3v) is 2.69. The maximum atomic E-state index is 11.2. The molecule has 0 radical (unpaired) electrons. The second kappa shape index (κ2) is 5.69. The highest BCUT2D eigenvalue weighted by Crippen LogP contribution is 2.40. The van der Waals surface area contributed by atoms with Crippen molar-refractivity contribution in [1.82, 2.24) is 5.09 Å². The van der Waals surface area contributed by atoms with Crippen LogP contribution in [0.25, 0.3) is 0 Å². The molecule has 0 aromatic heterocycles. The predicted octanol–water partition coefficient (Wildman–Crippen LogP) is 0.359. The van der Waals surface area contributed by atoms with Crippen LogP contribution in [0, 0.1) is 0 Å². The van der Waals surface area contributed by atoms with Gasteiger partial charge in [-0.25, -0.2) is 9.65 Å². The lowest BCUT2D eigenvalue weighted by Crippen LogP contribution is -2.15. The molecule has 0 amide bonds. The Morgan fingerprint density at radius 3 is 2.36 bits per heavy atom. The molecule has 0 aliphatic rings. The molecule has 0 aromatic carbocycles. The van der Waals surface area contributed by atoms with Crippen molar-refractivity contribution in [2.24, 2.45) is 0 Å². The van der Waals surface area contributed by atoms with Gasteiger partial charge in [0.25, 0.3) is 0 Å². The van der Waals surface area contributed by atoms with E-state index in [2.05, 4.69) is 14.1 Å². The van der Waals surface area contributed by atoms with Gasteiger partial charge in [-0.3, -0.25) is 0 Å². The molecule has 0 heterocycles. The average Bonchev–Trinajstić information content (AvgIpc) is 2.05. The first-order chi connectivity index (χ1) is 5.18. The highest BCUT2D eigenvalue weighted by Gasteiger charge is 2.18. The molecule has 2 N–H and O–H groups in total. The molecule has 68 valence electrons. The van der Waals surface area contributed by atoms with Crippen molar-refractivity contribution in [1.29, 1.82) is 0 Å². The summed E-state index contributed by atoms with van der Waals surface area (Å²) in [5, 5.41) is 10.9. The Morgan fingerprint density at radius 2 is 2.00 bits per heavy atom. The van der Waals surface area contributed by atoms with Crippen molar-refractivity contribution >= 4 is 7.75 Å². The van der Waals surface area contributed by atoms with Gasteiger partial charge in [0.05, 0.1) is 0 Å². The largest absolute Gasteiger partial charge is 0.404 e. The maximum absolute atomic E-state index is 11.2. The Balaban J connectivity index is 3.61. The molecule has 0 aliphatic carbocycles. The maximum Gasteiger partial charge on any atom is 0.404 e. The van der Waals surface area contributed by atoms with Gasteiger partial charge in [0.15, 0.2) is 0 Å². The minimum absolute atomic E-state index is 0.0560. The topological polar surface area (TPSA) is 67.8 Å². The number of hydrogen-bond donors (Lipinski definition) is 2. The number of aliphatic hydroxyl groups is 1. The summed E-state index contributed by atoms with van der Waals surface area (Å²) in [6.07, 6.45) is 0.525. The van der Waals surface area contributed by atoms with Crippen molar-refractivity contribution in [2.45, 2.75) is 6.42 Å². The molecule has 5 nitrogen and oxygen atoms in total. The van der Waals surface area contributed by atoms with Crippen molar-refractivity contribution in [3.8, 4) is 0 Å². The van der Waals surface area contributed by atoms with Crippen molar-refractivity contribution in [3.05, 3.63) is 0 Å². The third-order valence-electron chi connectivity index (χ3n) is 1.12. The van der Waals surface area contributed by atoms with Crippen LogP contribution in [0.15, 0.2) is 0 Å². The fourth-order valence-corrected chi connectivity index (χ4v) is 1.34. The normalized spacial score (nSPS) is 11.9. The van der Waals surface area contributed by atoms with Crippen LogP contribution in [-0.2, 0) is 13.6 Å². The van der Waals surface area contributed by atoms with E-state index in [1.807, 2.05) is 0 Å². The quantitative estimate of drug-likeness (QED) is 0.459. The lowest BCUT2D eigenvalue weighted by Gasteiger charge is -2.13. The number of hydrogen-bond acceptors (Lipinski definition) is 4. The van der Waals surface area contributed by atoms with E-state index in [9.17, 15) is 4.57 Å². The van der Waals surface area contributed by atoms with Crippen LogP contribution in [0.4, 0.5) is 0 Å². The summed E-state index contributed by atoms with van der Waals surface area (Å²) in [6.45, 7) is 0.468. The van der Waals surface area contributed by atoms with Crippen molar-refractivity contribution in [2.75, 3.05) is 27.4 Å². The molecule has 0 saturated heterocycles. The first kappa shape index (κ1) is 11.1. The minimum Gasteiger partial charge on any atom is -0.396 e. The molecule has 0 unspecified atom stereocenters. The molecule has 11 heavy (non-hydrogen) atoms. The van der Waals surface area contributed by atoms with E-state index in [1.54, 1.807) is 0 Å². The van der Waals surface area contributed by atoms with Gasteiger partial charge < -0.3 is 14.2 Å². The lowest BCUT2D eigenvalue weighted by molar-refractivity contribution is 0.257. The molecule has 6 heteroatoms. The van der Waals surface area contributed by atoms with Crippen LogP contribution in [0.3, 0.4) is 0 Å². The monoisotopic (exact) mass is 183 g/mol. The predicted molar refractivity (Wildman–Crippen MR) is 41.3 cm³/mol. The summed E-state index contributed by atoms with van der Waals surface area (Å²) in [4.78, 5) is 0. The first-order valence-electron chi connectivity index (χ1n) is 3.26. The Morgan fingerprint density at radius 1 is 1.45 bits per heavy atom. The molecule has 0 spiro atoms. The summed E-state index contributed by atoms with van der Waals surface area (Å²) in [5.41, 5.74) is 0. The van der Waals surface area contributed by atoms with Crippen molar-refractivity contribution in [3.63, 3.8) is 0 Å². The second-order valence-electron chi connectivity index (χ2n) is 1.85. The molecular formula is C5H14NO4P. The fraction of sp³-hybridized carbons (Fsp3) is 1.00. The first-order valence-corrected chi connectivity index (χ1v) is 4.80. The summed E-state index contributed by atoms with van der Waals surface area (Å²) in [6, 6.07) is 0. The van der Waals surface area contributed by atoms with E-state index in [0.29, 0.717) is 13.0 Å². The Labute approximate surface area is 66.3 Å². The second-order valence-corrected chi connectivity index (χ2v) is 3.89. The average molecular weight is 183 g/mol. The van der Waals surface area contributed by atoms with Gasteiger partial charge in [0.1, 0.15) is 0 Å². The molecule has 0 aliphatic heterocycles. The van der Waals surface area contributed by atoms with Crippen LogP contribution in [-0.4, -0.2) is 32.5 Å². The SMILES string of the molecule is COP(=O)(NCCCO)OC. The highest BCUT2D eigenvalue weighted by atomic mass is 31.2. The number of nitrogens with one attached hydrogen (secondary N) is 1. The Hall–Kier alpha value is 0.0700. The van der Waals surface area contributed by atoms with Gasteiger partial charge in [-0.1, -0.05) is 0 Å². The van der Waals surface area contributed by atoms with Crippen LogP contribution >= 0.6 is 7.75 Å². The Bertz CT molecular complexity index is 132. The van der Waals surface area contributed by atoms with Gasteiger partial charge in [-0.05, 0) is 6.42 Å². The standard InChI is InChI=1S/C5H14NO4P/c1-9-11(8,10-2)6-4-3-5-7/h7H,3-5H2,1-2H3,(H,6,8). The summed E-state index contributed by atoms with van der Waals surface area (Å²) in [5.74, 6) is 0. The van der Waals surface area contributed by atoms with Crippen LogP contribution in [0.1, 0.15) is 6.42 Å². The minimum atomic E-state index is -3.07. The van der Waals surface area contributed by atoms with E-state index in [1.165, 1.54) is 14.2 Å². The van der Waals surface area contributed by atoms with Crippen LogP contribution < -0.4 is 5.09 Å². The van der Waals surface area contributed by atoms with E-state index in [0.717, 1.165) is 0 Å². The summed E-state index contributed by atoms with van der Waals surface area (Å²) in [7, 11) is -0.468. The van der Waals surface area contributed by atoms with E-state index in [4.69, 9.17) is 5.11 Å². The molecule has 0 saturated carbocycles. The highest BCUT2D eigenvalue weighted by molar-refractivity contribution is 7.51. The van der Waals surface area contributed by atoms with Crippen LogP contribution in [0.5, 0.6) is 0 Å². The van der Waals surface area contributed by atoms with Gasteiger partial charge in [-0.2, -0.15) is 0 Å². The smallest absolute Gasteiger partial charge is 0.396 e. The van der Waals surface area contributed by atoms with Gasteiger partial charge in [0, 0.05) is 27.4 Å². The molecule has 0 bridgehead atoms. The molecule has 0 fully saturated rings. The molecule has 0 rings (SSSR count). The fourth-order valence-electron chi connectivity index (χ4n) is 0.499. The Kier molecular flexibility index (Phi) is 5.72. The zero-order chi connectivity index (χ0) is 8.74. The van der Waals surface area contributed by atoms with Crippen LogP contribution in [0.2, 0.25) is 0 Å². The number of aliphatic hydroxyl groups excluding tert-OH is 1. The number of rotatable bonds is 6. The summed E-state index contributed by atoms with van der Waals surface area (Å²) >= 11 is 0. The van der Waals surface area contributed by atoms with Gasteiger partial charge >= 0.3 is 7.75 Å². The van der Waals surface area contributed by atoms with E-state index in [-0.39, 0.29) is 6.61 Å². The molecule has 0 atom stereocenters. The summed E-state index contributed by atoms with van der Waals surface area (Å²) < 4.78 is 20.3. The zero-order valence-corrected chi connectivity index (χ0v) is 7.63. The molecule has 0 aromatic rings. The van der Waals surface area contributed by atoms with E-state index < -0.39 is 7.75 Å². The van der Waals surface area contributed by atoms with Gasteiger partial charge in [-0.15, -0.1) is 0 Å². The lowest BCUT2D eigenvalue weighted by atomic mass is 10.5. The third kappa shape index (κ3) is 4.50. The zero-order valence-electron chi connectivity index (χ0n) is 6.74. The van der Waals surface area contributed by atoms with E-state index >= 15 is 0 Å². The van der Waals surface area contributed by atoms with Crippen molar-refractivity contribution < 1.29 is 18.7 Å².